The van der Waals surface area contributed by atoms with Gasteiger partial charge in [0.2, 0.25) is 10.0 Å². The van der Waals surface area contributed by atoms with Crippen LogP contribution in [-0.4, -0.2) is 44.1 Å². The largest absolute Gasteiger partial charge is 0.392 e. The fourth-order valence-corrected chi connectivity index (χ4v) is 4.07. The molecular weight excluding hydrogens is 314 g/mol. The zero-order valence-electron chi connectivity index (χ0n) is 12.6. The fourth-order valence-electron chi connectivity index (χ4n) is 2.04. The lowest BCUT2D eigenvalue weighted by molar-refractivity contribution is 0.135. The topological polar surface area (TPSA) is 66.8 Å². The third-order valence-electron chi connectivity index (χ3n) is 3.26. The smallest absolute Gasteiger partial charge is 0.243 e. The van der Waals surface area contributed by atoms with E-state index in [0.29, 0.717) is 35.9 Å². The predicted octanol–water partition coefficient (Wildman–Crippen LogP) is 2.19. The molecule has 0 bridgehead atoms. The number of hydrogen-bond acceptors (Lipinski definition) is 4. The molecule has 0 aliphatic carbocycles. The minimum absolute atomic E-state index is 0.136. The zero-order chi connectivity index (χ0) is 16.0. The van der Waals surface area contributed by atoms with Gasteiger partial charge in [-0.1, -0.05) is 18.5 Å². The van der Waals surface area contributed by atoms with Crippen LogP contribution in [0, 0.1) is 6.92 Å². The number of benzene rings is 1. The molecule has 0 spiro atoms. The first-order valence-electron chi connectivity index (χ1n) is 6.86. The molecule has 120 valence electrons. The molecule has 7 heteroatoms. The van der Waals surface area contributed by atoms with Gasteiger partial charge in [-0.2, -0.15) is 4.31 Å². The van der Waals surface area contributed by atoms with Crippen molar-refractivity contribution in [2.75, 3.05) is 26.3 Å². The molecule has 0 radical (unpaired) electrons. The molecule has 0 amide bonds. The molecule has 0 saturated heterocycles. The molecule has 0 heterocycles. The van der Waals surface area contributed by atoms with E-state index >= 15 is 0 Å². The number of hydrogen-bond donors (Lipinski definition) is 1. The van der Waals surface area contributed by atoms with Crippen molar-refractivity contribution >= 4 is 21.6 Å². The molecule has 21 heavy (non-hydrogen) atoms. The second kappa shape index (κ2) is 8.10. The van der Waals surface area contributed by atoms with E-state index in [4.69, 9.17) is 16.3 Å². The number of likely N-dealkylation sites (N-methyl/N-ethyl adjacent to an activating group) is 1. The molecule has 0 saturated carbocycles. The molecular formula is C14H22ClNO4S. The average Bonchev–Trinajstić information content (AvgIpc) is 2.45. The quantitative estimate of drug-likeness (QED) is 0.739. The number of nitrogens with zero attached hydrogens (tertiary/aromatic N) is 1. The van der Waals surface area contributed by atoms with Crippen molar-refractivity contribution in [1.82, 2.24) is 4.31 Å². The zero-order valence-corrected chi connectivity index (χ0v) is 14.2. The lowest BCUT2D eigenvalue weighted by Gasteiger charge is -2.22. The Kier molecular flexibility index (Phi) is 7.09. The molecule has 1 rings (SSSR count). The first-order valence-corrected chi connectivity index (χ1v) is 8.68. The first kappa shape index (κ1) is 18.4. The van der Waals surface area contributed by atoms with Gasteiger partial charge in [0, 0.05) is 24.7 Å². The monoisotopic (exact) mass is 335 g/mol. The maximum Gasteiger partial charge on any atom is 0.243 e. The minimum Gasteiger partial charge on any atom is -0.392 e. The normalized spacial score (nSPS) is 12.1. The van der Waals surface area contributed by atoms with E-state index in [-0.39, 0.29) is 18.0 Å². The van der Waals surface area contributed by atoms with Gasteiger partial charge < -0.3 is 9.84 Å². The van der Waals surface area contributed by atoms with Gasteiger partial charge in [0.15, 0.2) is 0 Å². The summed E-state index contributed by atoms with van der Waals surface area (Å²) in [6, 6.07) is 3.00. The maximum atomic E-state index is 12.7. The Labute approximate surface area is 131 Å². The molecule has 0 aromatic heterocycles. The van der Waals surface area contributed by atoms with Gasteiger partial charge in [-0.3, -0.25) is 0 Å². The lowest BCUT2D eigenvalue weighted by atomic mass is 10.1. The van der Waals surface area contributed by atoms with Crippen LogP contribution in [0.15, 0.2) is 17.0 Å². The van der Waals surface area contributed by atoms with Crippen LogP contribution in [0.1, 0.15) is 25.0 Å². The van der Waals surface area contributed by atoms with E-state index in [1.807, 2.05) is 6.92 Å². The van der Waals surface area contributed by atoms with Crippen LogP contribution >= 0.6 is 11.6 Å². The Morgan fingerprint density at radius 1 is 1.33 bits per heavy atom. The average molecular weight is 336 g/mol. The summed E-state index contributed by atoms with van der Waals surface area (Å²) < 4.78 is 32.0. The first-order chi connectivity index (χ1) is 9.88. The molecule has 1 aromatic rings. The van der Waals surface area contributed by atoms with E-state index < -0.39 is 10.0 Å². The number of aliphatic hydroxyl groups is 1. The summed E-state index contributed by atoms with van der Waals surface area (Å²) in [5.41, 5.74) is 1.04. The van der Waals surface area contributed by atoms with Crippen LogP contribution < -0.4 is 0 Å². The van der Waals surface area contributed by atoms with Gasteiger partial charge >= 0.3 is 0 Å². The standard InChI is InChI=1S/C14H22ClNO4S/c1-4-16(6-7-20-5-2)21(18,19)14-9-13(15)8-12(10-17)11(14)3/h8-9,17H,4-7,10H2,1-3H3. The summed E-state index contributed by atoms with van der Waals surface area (Å²) in [5, 5.41) is 9.61. The Bertz CT molecular complexity index is 575. The summed E-state index contributed by atoms with van der Waals surface area (Å²) in [6.45, 7) is 6.57. The van der Waals surface area contributed by atoms with Crippen LogP contribution in [0.2, 0.25) is 5.02 Å². The maximum absolute atomic E-state index is 12.7. The Balaban J connectivity index is 3.19. The van der Waals surface area contributed by atoms with Gasteiger partial charge in [-0.05, 0) is 37.1 Å². The van der Waals surface area contributed by atoms with Crippen LogP contribution in [0.5, 0.6) is 0 Å². The minimum atomic E-state index is -3.66. The van der Waals surface area contributed by atoms with Gasteiger partial charge in [0.05, 0.1) is 18.1 Å². The van der Waals surface area contributed by atoms with E-state index in [0.717, 1.165) is 0 Å². The van der Waals surface area contributed by atoms with E-state index in [1.54, 1.807) is 19.9 Å². The van der Waals surface area contributed by atoms with Gasteiger partial charge in [0.1, 0.15) is 0 Å². The van der Waals surface area contributed by atoms with Crippen molar-refractivity contribution in [3.05, 3.63) is 28.3 Å². The third kappa shape index (κ3) is 4.40. The van der Waals surface area contributed by atoms with Crippen molar-refractivity contribution in [2.45, 2.75) is 32.3 Å². The predicted molar refractivity (Wildman–Crippen MR) is 83.0 cm³/mol. The second-order valence-electron chi connectivity index (χ2n) is 4.54. The van der Waals surface area contributed by atoms with Gasteiger partial charge in [-0.25, -0.2) is 8.42 Å². The molecule has 0 fully saturated rings. The summed E-state index contributed by atoms with van der Waals surface area (Å²) in [5.74, 6) is 0. The van der Waals surface area contributed by atoms with E-state index in [9.17, 15) is 13.5 Å². The molecule has 1 N–H and O–H groups in total. The van der Waals surface area contributed by atoms with E-state index in [1.165, 1.54) is 10.4 Å². The van der Waals surface area contributed by atoms with E-state index in [2.05, 4.69) is 0 Å². The molecule has 1 aromatic carbocycles. The summed E-state index contributed by atoms with van der Waals surface area (Å²) >= 11 is 5.96. The Hall–Kier alpha value is -0.660. The second-order valence-corrected chi connectivity index (χ2v) is 6.88. The number of sulfonamides is 1. The Morgan fingerprint density at radius 3 is 2.52 bits per heavy atom. The Morgan fingerprint density at radius 2 is 2.00 bits per heavy atom. The lowest BCUT2D eigenvalue weighted by Crippen LogP contribution is -2.34. The molecule has 0 unspecified atom stereocenters. The molecule has 0 aliphatic rings. The van der Waals surface area contributed by atoms with Crippen molar-refractivity contribution in [1.29, 1.82) is 0 Å². The van der Waals surface area contributed by atoms with Gasteiger partial charge in [-0.15, -0.1) is 0 Å². The third-order valence-corrected chi connectivity index (χ3v) is 5.58. The van der Waals surface area contributed by atoms with Crippen LogP contribution in [0.25, 0.3) is 0 Å². The molecule has 0 atom stereocenters. The fraction of sp³-hybridized carbons (Fsp3) is 0.571. The molecule has 5 nitrogen and oxygen atoms in total. The van der Waals surface area contributed by atoms with Crippen LogP contribution in [-0.2, 0) is 21.4 Å². The highest BCUT2D eigenvalue weighted by molar-refractivity contribution is 7.89. The SMILES string of the molecule is CCOCCN(CC)S(=O)(=O)c1cc(Cl)cc(CO)c1C. The van der Waals surface area contributed by atoms with Crippen molar-refractivity contribution in [2.24, 2.45) is 0 Å². The summed E-state index contributed by atoms with van der Waals surface area (Å²) in [6.07, 6.45) is 0. The van der Waals surface area contributed by atoms with Crippen LogP contribution in [0.4, 0.5) is 0 Å². The van der Waals surface area contributed by atoms with Crippen LogP contribution in [0.3, 0.4) is 0 Å². The number of rotatable bonds is 8. The van der Waals surface area contributed by atoms with Crippen molar-refractivity contribution in [3.8, 4) is 0 Å². The number of aliphatic hydroxyl groups excluding tert-OH is 1. The highest BCUT2D eigenvalue weighted by Gasteiger charge is 2.26. The van der Waals surface area contributed by atoms with Crippen molar-refractivity contribution < 1.29 is 18.3 Å². The molecule has 0 aliphatic heterocycles. The summed E-state index contributed by atoms with van der Waals surface area (Å²) in [4.78, 5) is 0.136. The van der Waals surface area contributed by atoms with Crippen molar-refractivity contribution in [3.63, 3.8) is 0 Å². The van der Waals surface area contributed by atoms with Gasteiger partial charge in [0.25, 0.3) is 0 Å². The number of halogens is 1. The summed E-state index contributed by atoms with van der Waals surface area (Å²) in [7, 11) is -3.66. The highest BCUT2D eigenvalue weighted by atomic mass is 35.5. The highest BCUT2D eigenvalue weighted by Crippen LogP contribution is 2.27. The number of ether oxygens (including phenoxy) is 1.